The minimum Gasteiger partial charge on any atom is -0.497 e. The van der Waals surface area contributed by atoms with E-state index in [1.807, 2.05) is 24.5 Å². The Bertz CT molecular complexity index is 826. The van der Waals surface area contributed by atoms with Gasteiger partial charge in [0, 0.05) is 32.7 Å². The van der Waals surface area contributed by atoms with Gasteiger partial charge in [-0.1, -0.05) is 12.1 Å². The fraction of sp³-hybridized carbons (Fsp3) is 0.542. The van der Waals surface area contributed by atoms with E-state index in [-0.39, 0.29) is 0 Å². The molecule has 0 spiro atoms. The highest BCUT2D eigenvalue weighted by Crippen LogP contribution is 2.27. The van der Waals surface area contributed by atoms with Crippen LogP contribution in [-0.2, 0) is 0 Å². The summed E-state index contributed by atoms with van der Waals surface area (Å²) in [6.07, 6.45) is 4.81. The van der Waals surface area contributed by atoms with Crippen LogP contribution in [0.15, 0.2) is 46.8 Å². The van der Waals surface area contributed by atoms with Crippen molar-refractivity contribution >= 4 is 22.3 Å². The number of nitrogens with one attached hydrogen (secondary N) is 2. The van der Waals surface area contributed by atoms with Crippen molar-refractivity contribution in [3.05, 3.63) is 47.3 Å². The molecule has 31 heavy (non-hydrogen) atoms. The molecule has 2 fully saturated rings. The molecule has 2 aliphatic rings. The molecule has 1 unspecified atom stereocenters. The molecule has 2 aromatic rings. The zero-order valence-electron chi connectivity index (χ0n) is 18.7. The van der Waals surface area contributed by atoms with Crippen molar-refractivity contribution in [1.29, 1.82) is 0 Å². The molecule has 0 saturated carbocycles. The number of aliphatic imine (C=N–C) groups is 1. The van der Waals surface area contributed by atoms with Gasteiger partial charge in [0.2, 0.25) is 0 Å². The van der Waals surface area contributed by atoms with Crippen LogP contribution in [0.1, 0.15) is 37.3 Å². The number of nitrogens with zero attached hydrogens (tertiary/aromatic N) is 3. The first kappa shape index (κ1) is 22.0. The highest BCUT2D eigenvalue weighted by molar-refractivity contribution is 7.14. The second-order valence-corrected chi connectivity index (χ2v) is 9.27. The number of piperidine rings is 1. The zero-order chi connectivity index (χ0) is 21.5. The summed E-state index contributed by atoms with van der Waals surface area (Å²) < 4.78 is 5.47. The van der Waals surface area contributed by atoms with E-state index in [9.17, 15) is 0 Å². The van der Waals surface area contributed by atoms with Gasteiger partial charge in [0.1, 0.15) is 5.75 Å². The zero-order valence-corrected chi connectivity index (χ0v) is 19.5. The van der Waals surface area contributed by atoms with E-state index in [2.05, 4.69) is 61.1 Å². The monoisotopic (exact) mass is 441 g/mol. The summed E-state index contributed by atoms with van der Waals surface area (Å²) in [6.45, 7) is 5.32. The maximum Gasteiger partial charge on any atom is 0.191 e. The largest absolute Gasteiger partial charge is 0.497 e. The molecule has 0 amide bonds. The first-order valence-electron chi connectivity index (χ1n) is 11.4. The first-order valence-corrected chi connectivity index (χ1v) is 12.3. The van der Waals surface area contributed by atoms with Gasteiger partial charge >= 0.3 is 0 Å². The molecule has 0 bridgehead atoms. The average molecular weight is 442 g/mol. The molecule has 1 atom stereocenters. The average Bonchev–Trinajstić information content (AvgIpc) is 3.54. The number of hydrogen-bond donors (Lipinski definition) is 2. The van der Waals surface area contributed by atoms with Gasteiger partial charge in [0.05, 0.1) is 18.2 Å². The van der Waals surface area contributed by atoms with Crippen LogP contribution in [0.5, 0.6) is 5.75 Å². The van der Waals surface area contributed by atoms with Gasteiger partial charge in [-0.05, 0) is 74.0 Å². The van der Waals surface area contributed by atoms with Gasteiger partial charge in [-0.15, -0.1) is 11.3 Å². The molecule has 0 aliphatic carbocycles. The first-order chi connectivity index (χ1) is 15.3. The van der Waals surface area contributed by atoms with Gasteiger partial charge < -0.3 is 20.3 Å². The van der Waals surface area contributed by atoms with Gasteiger partial charge in [0.25, 0.3) is 0 Å². The van der Waals surface area contributed by atoms with E-state index in [4.69, 9.17) is 4.74 Å². The smallest absolute Gasteiger partial charge is 0.191 e. The van der Waals surface area contributed by atoms with Gasteiger partial charge in [-0.3, -0.25) is 9.89 Å². The van der Waals surface area contributed by atoms with Crippen molar-refractivity contribution in [3.63, 3.8) is 0 Å². The van der Waals surface area contributed by atoms with E-state index in [0.717, 1.165) is 57.3 Å². The van der Waals surface area contributed by atoms with Crippen molar-refractivity contribution in [3.8, 4) is 5.75 Å². The predicted octanol–water partition coefficient (Wildman–Crippen LogP) is 3.73. The van der Waals surface area contributed by atoms with Crippen LogP contribution in [0.3, 0.4) is 0 Å². The van der Waals surface area contributed by atoms with Crippen molar-refractivity contribution in [2.75, 3.05) is 51.8 Å². The van der Waals surface area contributed by atoms with Crippen molar-refractivity contribution in [2.24, 2.45) is 4.99 Å². The van der Waals surface area contributed by atoms with Gasteiger partial charge in [-0.25, -0.2) is 0 Å². The number of benzene rings is 1. The molecule has 2 aliphatic heterocycles. The van der Waals surface area contributed by atoms with Crippen LogP contribution in [0, 0.1) is 0 Å². The third-order valence-electron chi connectivity index (χ3n) is 6.40. The summed E-state index contributed by atoms with van der Waals surface area (Å²) in [6, 6.07) is 13.6. The van der Waals surface area contributed by atoms with Crippen molar-refractivity contribution < 1.29 is 4.74 Å². The number of methoxy groups -OCH3 is 1. The Morgan fingerprint density at radius 3 is 2.65 bits per heavy atom. The normalized spacial score (nSPS) is 19.4. The number of rotatable bonds is 7. The summed E-state index contributed by atoms with van der Waals surface area (Å²) in [7, 11) is 3.60. The number of ether oxygens (including phenoxy) is 1. The fourth-order valence-corrected chi connectivity index (χ4v) is 5.42. The number of anilines is 1. The van der Waals surface area contributed by atoms with E-state index in [1.54, 1.807) is 7.11 Å². The minimum atomic E-state index is 0.317. The van der Waals surface area contributed by atoms with Crippen LogP contribution in [-0.4, -0.2) is 63.8 Å². The SMILES string of the molecule is CN=C(NCC(c1cccc(OC)c1)N1CCCC1)NC1CCN(c2cccs2)CC1. The number of likely N-dealkylation sites (tertiary alicyclic amines) is 1. The van der Waals surface area contributed by atoms with Crippen molar-refractivity contribution in [2.45, 2.75) is 37.8 Å². The molecule has 3 heterocycles. The van der Waals surface area contributed by atoms with Gasteiger partial charge in [-0.2, -0.15) is 0 Å². The van der Waals surface area contributed by atoms with Crippen LogP contribution in [0.2, 0.25) is 0 Å². The topological polar surface area (TPSA) is 52.1 Å². The highest BCUT2D eigenvalue weighted by atomic mass is 32.1. The number of thiophene rings is 1. The van der Waals surface area contributed by atoms with Gasteiger partial charge in [0.15, 0.2) is 5.96 Å². The fourth-order valence-electron chi connectivity index (χ4n) is 4.64. The Kier molecular flexibility index (Phi) is 7.70. The van der Waals surface area contributed by atoms with Crippen molar-refractivity contribution in [1.82, 2.24) is 15.5 Å². The molecule has 2 saturated heterocycles. The number of guanidine groups is 1. The predicted molar refractivity (Wildman–Crippen MR) is 131 cm³/mol. The Hall–Kier alpha value is -2.25. The molecular formula is C24H35N5OS. The third-order valence-corrected chi connectivity index (χ3v) is 7.33. The molecule has 6 nitrogen and oxygen atoms in total. The van der Waals surface area contributed by atoms with Crippen LogP contribution >= 0.6 is 11.3 Å². The maximum absolute atomic E-state index is 5.47. The van der Waals surface area contributed by atoms with E-state index < -0.39 is 0 Å². The van der Waals surface area contributed by atoms with E-state index in [1.165, 1.54) is 23.4 Å². The lowest BCUT2D eigenvalue weighted by Crippen LogP contribution is -2.50. The second-order valence-electron chi connectivity index (χ2n) is 8.35. The Labute approximate surface area is 190 Å². The molecule has 0 radical (unpaired) electrons. The standard InChI is InChI=1S/C24H35N5OS/c1-25-24(27-20-10-14-29(15-11-20)23-9-6-16-31-23)26-18-22(28-12-3-4-13-28)19-7-5-8-21(17-19)30-2/h5-9,16-17,20,22H,3-4,10-15,18H2,1-2H3,(H2,25,26,27). The molecule has 2 N–H and O–H groups in total. The lowest BCUT2D eigenvalue weighted by atomic mass is 10.0. The summed E-state index contributed by atoms with van der Waals surface area (Å²) in [5.41, 5.74) is 1.30. The molecular weight excluding hydrogens is 406 g/mol. The molecule has 168 valence electrons. The molecule has 7 heteroatoms. The minimum absolute atomic E-state index is 0.317. The summed E-state index contributed by atoms with van der Waals surface area (Å²) >= 11 is 1.83. The van der Waals surface area contributed by atoms with E-state index >= 15 is 0 Å². The molecule has 1 aromatic carbocycles. The summed E-state index contributed by atoms with van der Waals surface area (Å²) in [5.74, 6) is 1.82. The third kappa shape index (κ3) is 5.71. The lowest BCUT2D eigenvalue weighted by molar-refractivity contribution is 0.244. The summed E-state index contributed by atoms with van der Waals surface area (Å²) in [4.78, 5) is 9.59. The van der Waals surface area contributed by atoms with E-state index in [0.29, 0.717) is 12.1 Å². The summed E-state index contributed by atoms with van der Waals surface area (Å²) in [5, 5.41) is 10.8. The lowest BCUT2D eigenvalue weighted by Gasteiger charge is -2.34. The number of hydrogen-bond acceptors (Lipinski definition) is 5. The van der Waals surface area contributed by atoms with Crippen LogP contribution in [0.25, 0.3) is 0 Å². The Morgan fingerprint density at radius 1 is 1.16 bits per heavy atom. The molecule has 1 aromatic heterocycles. The van der Waals surface area contributed by atoms with Crippen LogP contribution < -0.4 is 20.3 Å². The highest BCUT2D eigenvalue weighted by Gasteiger charge is 2.25. The quantitative estimate of drug-likeness (QED) is 0.507. The second kappa shape index (κ2) is 10.9. The maximum atomic E-state index is 5.47. The Morgan fingerprint density at radius 2 is 1.97 bits per heavy atom. The molecule has 4 rings (SSSR count). The Balaban J connectivity index is 1.33. The van der Waals surface area contributed by atoms with Crippen LogP contribution in [0.4, 0.5) is 5.00 Å².